The molecule has 104 valence electrons. The zero-order valence-corrected chi connectivity index (χ0v) is 13.9. The predicted molar refractivity (Wildman–Crippen MR) is 90.0 cm³/mol. The van der Waals surface area contributed by atoms with Crippen LogP contribution in [0.4, 0.5) is 5.69 Å². The minimum absolute atomic E-state index is 0.508. The summed E-state index contributed by atoms with van der Waals surface area (Å²) in [5, 5.41) is 7.97. The van der Waals surface area contributed by atoms with Gasteiger partial charge in [-0.2, -0.15) is 0 Å². The van der Waals surface area contributed by atoms with Crippen LogP contribution in [-0.2, 0) is 0 Å². The smallest absolute Gasteiger partial charge is 0.170 e. The van der Waals surface area contributed by atoms with Crippen molar-refractivity contribution in [2.75, 3.05) is 5.32 Å². The Morgan fingerprint density at radius 2 is 1.89 bits per heavy atom. The lowest BCUT2D eigenvalue weighted by molar-refractivity contribution is 0.535. The molecule has 2 rings (SSSR count). The Bertz CT molecular complexity index is 445. The van der Waals surface area contributed by atoms with Crippen molar-refractivity contribution in [3.63, 3.8) is 0 Å². The number of hydrogen-bond acceptors (Lipinski definition) is 1. The zero-order chi connectivity index (χ0) is 13.7. The van der Waals surface area contributed by atoms with Crippen molar-refractivity contribution in [3.8, 4) is 0 Å². The lowest BCUT2D eigenvalue weighted by Crippen LogP contribution is -2.37. The zero-order valence-electron chi connectivity index (χ0n) is 10.7. The van der Waals surface area contributed by atoms with E-state index in [2.05, 4.69) is 26.6 Å². The van der Waals surface area contributed by atoms with Gasteiger partial charge in [0, 0.05) is 16.2 Å². The van der Waals surface area contributed by atoms with Gasteiger partial charge in [-0.25, -0.2) is 0 Å². The van der Waals surface area contributed by atoms with Crippen LogP contribution in [0, 0.1) is 0 Å². The van der Waals surface area contributed by atoms with Gasteiger partial charge in [0.25, 0.3) is 0 Å². The van der Waals surface area contributed by atoms with Crippen LogP contribution in [0.15, 0.2) is 22.7 Å². The quantitative estimate of drug-likeness (QED) is 0.565. The van der Waals surface area contributed by atoms with E-state index in [-0.39, 0.29) is 0 Å². The second-order valence-electron chi connectivity index (χ2n) is 4.92. The summed E-state index contributed by atoms with van der Waals surface area (Å²) < 4.78 is 0.891. The van der Waals surface area contributed by atoms with Gasteiger partial charge in [-0.15, -0.1) is 0 Å². The normalized spacial score (nSPS) is 16.7. The number of anilines is 1. The van der Waals surface area contributed by atoms with Crippen LogP contribution < -0.4 is 10.6 Å². The third-order valence-electron chi connectivity index (χ3n) is 3.37. The van der Waals surface area contributed by atoms with E-state index < -0.39 is 0 Å². The first-order valence-electron chi connectivity index (χ1n) is 6.68. The van der Waals surface area contributed by atoms with E-state index >= 15 is 0 Å². The van der Waals surface area contributed by atoms with Crippen molar-refractivity contribution in [2.24, 2.45) is 0 Å². The molecule has 0 spiro atoms. The Kier molecular flexibility index (Phi) is 5.92. The highest BCUT2D eigenvalue weighted by Gasteiger charge is 2.13. The summed E-state index contributed by atoms with van der Waals surface area (Å²) in [6.45, 7) is 0. The van der Waals surface area contributed by atoms with E-state index in [0.29, 0.717) is 16.2 Å². The highest BCUT2D eigenvalue weighted by molar-refractivity contribution is 9.10. The summed E-state index contributed by atoms with van der Waals surface area (Å²) in [4.78, 5) is 0. The van der Waals surface area contributed by atoms with Crippen molar-refractivity contribution in [2.45, 2.75) is 44.6 Å². The molecule has 2 N–H and O–H groups in total. The molecule has 0 unspecified atom stereocenters. The second-order valence-corrected chi connectivity index (χ2v) is 6.59. The average Bonchev–Trinajstić information content (AvgIpc) is 2.62. The van der Waals surface area contributed by atoms with E-state index in [4.69, 9.17) is 23.8 Å². The second kappa shape index (κ2) is 7.46. The summed E-state index contributed by atoms with van der Waals surface area (Å²) >= 11 is 14.8. The van der Waals surface area contributed by atoms with E-state index in [0.717, 1.165) is 10.2 Å². The molecule has 5 heteroatoms. The Balaban J connectivity index is 1.87. The van der Waals surface area contributed by atoms with Crippen LogP contribution in [0.5, 0.6) is 0 Å². The molecule has 0 saturated heterocycles. The standard InChI is InChI=1S/C14H18BrClN2S/c15-12-8-7-11(9-13(12)16)18-14(19)17-10-5-3-1-2-4-6-10/h7-10H,1-6H2,(H2,17,18,19). The van der Waals surface area contributed by atoms with Crippen molar-refractivity contribution in [3.05, 3.63) is 27.7 Å². The molecule has 1 aliphatic carbocycles. The number of halogens is 2. The average molecular weight is 362 g/mol. The Morgan fingerprint density at radius 3 is 2.53 bits per heavy atom. The fraction of sp³-hybridized carbons (Fsp3) is 0.500. The van der Waals surface area contributed by atoms with Gasteiger partial charge >= 0.3 is 0 Å². The molecule has 0 amide bonds. The van der Waals surface area contributed by atoms with Crippen LogP contribution in [-0.4, -0.2) is 11.2 Å². The van der Waals surface area contributed by atoms with Gasteiger partial charge in [0.05, 0.1) is 5.02 Å². The molecular formula is C14H18BrClN2S. The molecule has 0 bridgehead atoms. The van der Waals surface area contributed by atoms with E-state index in [1.54, 1.807) is 0 Å². The van der Waals surface area contributed by atoms with Crippen molar-refractivity contribution < 1.29 is 0 Å². The van der Waals surface area contributed by atoms with Crippen LogP contribution in [0.1, 0.15) is 38.5 Å². The molecule has 1 aliphatic rings. The summed E-state index contributed by atoms with van der Waals surface area (Å²) in [6, 6.07) is 6.25. The highest BCUT2D eigenvalue weighted by atomic mass is 79.9. The number of hydrogen-bond donors (Lipinski definition) is 2. The molecule has 0 heterocycles. The van der Waals surface area contributed by atoms with Gasteiger partial charge in [0.1, 0.15) is 0 Å². The fourth-order valence-electron chi connectivity index (χ4n) is 2.35. The number of benzene rings is 1. The first kappa shape index (κ1) is 15.1. The highest BCUT2D eigenvalue weighted by Crippen LogP contribution is 2.25. The molecule has 1 aromatic carbocycles. The van der Waals surface area contributed by atoms with E-state index in [9.17, 15) is 0 Å². The summed E-state index contributed by atoms with van der Waals surface area (Å²) in [7, 11) is 0. The first-order valence-corrected chi connectivity index (χ1v) is 8.25. The van der Waals surface area contributed by atoms with Gasteiger partial charge < -0.3 is 10.6 Å². The van der Waals surface area contributed by atoms with E-state index in [1.165, 1.54) is 38.5 Å². The van der Waals surface area contributed by atoms with Gasteiger partial charge in [0.15, 0.2) is 5.11 Å². The Labute approximate surface area is 133 Å². The van der Waals surface area contributed by atoms with Gasteiger partial charge in [0.2, 0.25) is 0 Å². The van der Waals surface area contributed by atoms with Gasteiger partial charge in [-0.05, 0) is 59.2 Å². The summed E-state index contributed by atoms with van der Waals surface area (Å²) in [6.07, 6.45) is 7.71. The molecular weight excluding hydrogens is 344 g/mol. The molecule has 19 heavy (non-hydrogen) atoms. The third-order valence-corrected chi connectivity index (χ3v) is 4.82. The maximum Gasteiger partial charge on any atom is 0.170 e. The minimum atomic E-state index is 0.508. The minimum Gasteiger partial charge on any atom is -0.360 e. The molecule has 1 fully saturated rings. The summed E-state index contributed by atoms with van der Waals surface area (Å²) in [5.41, 5.74) is 0.916. The molecule has 1 aromatic rings. The third kappa shape index (κ3) is 4.93. The molecule has 0 aliphatic heterocycles. The molecule has 0 atom stereocenters. The number of nitrogens with one attached hydrogen (secondary N) is 2. The van der Waals surface area contributed by atoms with E-state index in [1.807, 2.05) is 18.2 Å². The van der Waals surface area contributed by atoms with Crippen LogP contribution in [0.25, 0.3) is 0 Å². The van der Waals surface area contributed by atoms with Crippen molar-refractivity contribution in [1.29, 1.82) is 0 Å². The molecule has 0 aromatic heterocycles. The monoisotopic (exact) mass is 360 g/mol. The van der Waals surface area contributed by atoms with Crippen LogP contribution >= 0.6 is 39.7 Å². The predicted octanol–water partition coefficient (Wildman–Crippen LogP) is 5.11. The first-order chi connectivity index (χ1) is 9.15. The maximum absolute atomic E-state index is 6.06. The van der Waals surface area contributed by atoms with Crippen molar-refractivity contribution in [1.82, 2.24) is 5.32 Å². The number of thiocarbonyl (C=S) groups is 1. The Hall–Kier alpha value is -0.320. The SMILES string of the molecule is S=C(Nc1ccc(Br)c(Cl)c1)NC1CCCCCC1. The lowest BCUT2D eigenvalue weighted by atomic mass is 10.1. The van der Waals surface area contributed by atoms with Crippen LogP contribution in [0.3, 0.4) is 0 Å². The van der Waals surface area contributed by atoms with Gasteiger partial charge in [-0.3, -0.25) is 0 Å². The van der Waals surface area contributed by atoms with Gasteiger partial charge in [-0.1, -0.05) is 37.3 Å². The summed E-state index contributed by atoms with van der Waals surface area (Å²) in [5.74, 6) is 0. The molecule has 0 radical (unpaired) electrons. The topological polar surface area (TPSA) is 24.1 Å². The lowest BCUT2D eigenvalue weighted by Gasteiger charge is -2.19. The Morgan fingerprint density at radius 1 is 1.21 bits per heavy atom. The number of rotatable bonds is 2. The van der Waals surface area contributed by atoms with Crippen LogP contribution in [0.2, 0.25) is 5.02 Å². The van der Waals surface area contributed by atoms with Crippen molar-refractivity contribution >= 4 is 50.5 Å². The molecule has 2 nitrogen and oxygen atoms in total. The molecule has 1 saturated carbocycles. The largest absolute Gasteiger partial charge is 0.360 e. The fourth-order valence-corrected chi connectivity index (χ4v) is 3.06. The maximum atomic E-state index is 6.06.